The maximum Gasteiger partial charge on any atom is 0.252 e. The number of nitrogens with one attached hydrogen (secondary N) is 1. The largest absolute Gasteiger partial charge is 0.352 e. The number of hydrogen-bond acceptors (Lipinski definition) is 3. The minimum absolute atomic E-state index is 0.0793. The van der Waals surface area contributed by atoms with E-state index < -0.39 is 0 Å². The lowest BCUT2D eigenvalue weighted by molar-refractivity contribution is 0.0953. The number of carbonyl (C=O) groups excluding carboxylic acids is 1. The van der Waals surface area contributed by atoms with Crippen molar-refractivity contribution < 1.29 is 4.79 Å². The molecule has 0 aliphatic carbocycles. The summed E-state index contributed by atoms with van der Waals surface area (Å²) in [6.07, 6.45) is 2.58. The van der Waals surface area contributed by atoms with E-state index in [1.807, 2.05) is 6.07 Å². The van der Waals surface area contributed by atoms with Crippen LogP contribution in [-0.4, -0.2) is 28.9 Å². The molecule has 0 saturated carbocycles. The Morgan fingerprint density at radius 3 is 2.65 bits per heavy atom. The summed E-state index contributed by atoms with van der Waals surface area (Å²) in [5.41, 5.74) is 4.22. The van der Waals surface area contributed by atoms with Crippen molar-refractivity contribution in [2.75, 3.05) is 13.1 Å². The molecule has 0 fully saturated rings. The average molecular weight is 366 g/mol. The third kappa shape index (κ3) is 3.57. The molecule has 1 N–H and O–H groups in total. The quantitative estimate of drug-likeness (QED) is 0.694. The van der Waals surface area contributed by atoms with Crippen LogP contribution in [0.1, 0.15) is 27.9 Å². The Bertz CT molecular complexity index is 932. The van der Waals surface area contributed by atoms with Gasteiger partial charge < -0.3 is 5.32 Å². The van der Waals surface area contributed by atoms with E-state index in [9.17, 15) is 4.79 Å². The lowest BCUT2D eigenvalue weighted by Gasteiger charge is -2.15. The predicted molar refractivity (Wildman–Crippen MR) is 104 cm³/mol. The molecule has 3 aromatic rings. The monoisotopic (exact) mass is 365 g/mol. The van der Waals surface area contributed by atoms with Crippen LogP contribution >= 0.6 is 11.6 Å². The second-order valence-electron chi connectivity index (χ2n) is 6.61. The number of amides is 1. The van der Waals surface area contributed by atoms with Crippen LogP contribution in [0.4, 0.5) is 0 Å². The summed E-state index contributed by atoms with van der Waals surface area (Å²) in [4.78, 5) is 19.3. The predicted octanol–water partition coefficient (Wildman–Crippen LogP) is 4.02. The number of rotatable bonds is 5. The Hall–Kier alpha value is -2.43. The van der Waals surface area contributed by atoms with E-state index in [-0.39, 0.29) is 5.91 Å². The molecule has 0 spiro atoms. The minimum atomic E-state index is -0.0793. The maximum atomic E-state index is 12.5. The molecule has 2 aromatic carbocycles. The van der Waals surface area contributed by atoms with Crippen molar-refractivity contribution in [3.63, 3.8) is 0 Å². The lowest BCUT2D eigenvalue weighted by atomic mass is 10.1. The van der Waals surface area contributed by atoms with E-state index in [1.54, 1.807) is 24.4 Å². The normalized spacial score (nSPS) is 13.7. The molecule has 26 heavy (non-hydrogen) atoms. The number of halogens is 1. The van der Waals surface area contributed by atoms with Gasteiger partial charge in [0.15, 0.2) is 0 Å². The summed E-state index contributed by atoms with van der Waals surface area (Å²) in [6, 6.07) is 15.7. The van der Waals surface area contributed by atoms with Gasteiger partial charge in [0, 0.05) is 42.8 Å². The SMILES string of the molecule is O=C(NCCCN1Cc2ccccc2C1)c1ccnc2ccc(Cl)cc12. The topological polar surface area (TPSA) is 45.2 Å². The van der Waals surface area contributed by atoms with Gasteiger partial charge in [-0.15, -0.1) is 0 Å². The summed E-state index contributed by atoms with van der Waals surface area (Å²) in [6.45, 7) is 3.61. The Labute approximate surface area is 157 Å². The summed E-state index contributed by atoms with van der Waals surface area (Å²) < 4.78 is 0. The molecular weight excluding hydrogens is 346 g/mol. The molecule has 2 heterocycles. The number of pyridine rings is 1. The fourth-order valence-electron chi connectivity index (χ4n) is 3.48. The number of aromatic nitrogens is 1. The van der Waals surface area contributed by atoms with Crippen LogP contribution in [-0.2, 0) is 13.1 Å². The highest BCUT2D eigenvalue weighted by Crippen LogP contribution is 2.22. The molecule has 0 unspecified atom stereocenters. The van der Waals surface area contributed by atoms with E-state index in [4.69, 9.17) is 11.6 Å². The Morgan fingerprint density at radius 2 is 1.88 bits per heavy atom. The summed E-state index contributed by atoms with van der Waals surface area (Å²) >= 11 is 6.07. The van der Waals surface area contributed by atoms with Gasteiger partial charge in [0.25, 0.3) is 5.91 Å². The molecule has 0 atom stereocenters. The maximum absolute atomic E-state index is 12.5. The number of hydrogen-bond donors (Lipinski definition) is 1. The molecule has 0 bridgehead atoms. The first-order valence-corrected chi connectivity index (χ1v) is 9.20. The van der Waals surface area contributed by atoms with Gasteiger partial charge in [0.2, 0.25) is 0 Å². The zero-order valence-corrected chi connectivity index (χ0v) is 15.2. The van der Waals surface area contributed by atoms with Gasteiger partial charge in [-0.25, -0.2) is 0 Å². The van der Waals surface area contributed by atoms with Crippen molar-refractivity contribution in [1.82, 2.24) is 15.2 Å². The molecule has 1 aromatic heterocycles. The van der Waals surface area contributed by atoms with Gasteiger partial charge in [-0.3, -0.25) is 14.7 Å². The third-order valence-corrected chi connectivity index (χ3v) is 5.03. The van der Waals surface area contributed by atoms with Crippen molar-refractivity contribution in [2.45, 2.75) is 19.5 Å². The average Bonchev–Trinajstić information content (AvgIpc) is 3.07. The lowest BCUT2D eigenvalue weighted by Crippen LogP contribution is -2.28. The molecule has 5 heteroatoms. The van der Waals surface area contributed by atoms with Gasteiger partial charge in [0.05, 0.1) is 11.1 Å². The third-order valence-electron chi connectivity index (χ3n) is 4.79. The van der Waals surface area contributed by atoms with Crippen LogP contribution in [0.5, 0.6) is 0 Å². The Morgan fingerprint density at radius 1 is 1.12 bits per heavy atom. The van der Waals surface area contributed by atoms with Crippen molar-refractivity contribution in [1.29, 1.82) is 0 Å². The molecule has 132 valence electrons. The smallest absolute Gasteiger partial charge is 0.252 e. The first-order chi connectivity index (χ1) is 12.7. The van der Waals surface area contributed by atoms with E-state index in [0.717, 1.165) is 37.0 Å². The number of benzene rings is 2. The molecule has 4 rings (SSSR count). The van der Waals surface area contributed by atoms with E-state index in [1.165, 1.54) is 11.1 Å². The number of fused-ring (bicyclic) bond motifs is 2. The van der Waals surface area contributed by atoms with Crippen LogP contribution in [0.2, 0.25) is 5.02 Å². The molecule has 4 nitrogen and oxygen atoms in total. The van der Waals surface area contributed by atoms with Crippen molar-refractivity contribution in [2.24, 2.45) is 0 Å². The second-order valence-corrected chi connectivity index (χ2v) is 7.05. The summed E-state index contributed by atoms with van der Waals surface area (Å²) in [7, 11) is 0. The summed E-state index contributed by atoms with van der Waals surface area (Å²) in [5.74, 6) is -0.0793. The van der Waals surface area contributed by atoms with E-state index >= 15 is 0 Å². The van der Waals surface area contributed by atoms with Crippen LogP contribution in [0.3, 0.4) is 0 Å². The van der Waals surface area contributed by atoms with E-state index in [0.29, 0.717) is 17.1 Å². The highest BCUT2D eigenvalue weighted by Gasteiger charge is 2.17. The van der Waals surface area contributed by atoms with Crippen molar-refractivity contribution in [3.8, 4) is 0 Å². The van der Waals surface area contributed by atoms with Crippen molar-refractivity contribution >= 4 is 28.4 Å². The number of carbonyl (C=O) groups is 1. The van der Waals surface area contributed by atoms with Crippen LogP contribution in [0.15, 0.2) is 54.7 Å². The molecule has 1 amide bonds. The summed E-state index contributed by atoms with van der Waals surface area (Å²) in [5, 5.41) is 4.41. The molecule has 0 radical (unpaired) electrons. The number of nitrogens with zero attached hydrogens (tertiary/aromatic N) is 2. The second kappa shape index (κ2) is 7.44. The molecular formula is C21H20ClN3O. The van der Waals surface area contributed by atoms with Gasteiger partial charge in [-0.2, -0.15) is 0 Å². The van der Waals surface area contributed by atoms with Gasteiger partial charge in [-0.1, -0.05) is 35.9 Å². The van der Waals surface area contributed by atoms with Gasteiger partial charge >= 0.3 is 0 Å². The van der Waals surface area contributed by atoms with Gasteiger partial charge in [0.1, 0.15) is 0 Å². The fraction of sp³-hybridized carbons (Fsp3) is 0.238. The van der Waals surface area contributed by atoms with Crippen LogP contribution in [0, 0.1) is 0 Å². The van der Waals surface area contributed by atoms with E-state index in [2.05, 4.69) is 39.5 Å². The van der Waals surface area contributed by atoms with Crippen LogP contribution in [0.25, 0.3) is 10.9 Å². The van der Waals surface area contributed by atoms with Gasteiger partial charge in [-0.05, 0) is 41.8 Å². The minimum Gasteiger partial charge on any atom is -0.352 e. The molecule has 1 aliphatic heterocycles. The zero-order chi connectivity index (χ0) is 17.9. The zero-order valence-electron chi connectivity index (χ0n) is 14.4. The van der Waals surface area contributed by atoms with Crippen LogP contribution < -0.4 is 5.32 Å². The first kappa shape index (κ1) is 17.0. The molecule has 1 aliphatic rings. The highest BCUT2D eigenvalue weighted by atomic mass is 35.5. The Balaban J connectivity index is 1.32. The standard InChI is InChI=1S/C21H20ClN3O/c22-17-6-7-20-19(12-17)18(8-10-23-20)21(26)24-9-3-11-25-13-15-4-1-2-5-16(15)14-25/h1-2,4-8,10,12H,3,9,11,13-14H2,(H,24,26). The highest BCUT2D eigenvalue weighted by molar-refractivity contribution is 6.31. The first-order valence-electron chi connectivity index (χ1n) is 8.82. The van der Waals surface area contributed by atoms with Crippen molar-refractivity contribution in [3.05, 3.63) is 76.4 Å². The Kier molecular flexibility index (Phi) is 4.87. The molecule has 0 saturated heterocycles. The fourth-order valence-corrected chi connectivity index (χ4v) is 3.65.